The van der Waals surface area contributed by atoms with E-state index >= 15 is 0 Å². The van der Waals surface area contributed by atoms with Gasteiger partial charge < -0.3 is 34.4 Å². The molecule has 4 atom stereocenters. The molecule has 4 N–H and O–H groups in total. The number of piperidine rings is 1. The third-order valence-electron chi connectivity index (χ3n) is 12.4. The molecule has 1 aromatic carbocycles. The molecule has 1 aromatic rings. The van der Waals surface area contributed by atoms with Crippen LogP contribution in [0.4, 0.5) is 0 Å². The SMILES string of the molecule is CC1CC(C)(C)[NH+]=C2C1=CC1C(=C2S(=O)(=O)[O-])OC2C(=C1c1c(Cl)c(SCC(=O)NCCCCCC(=O)ON3C(=O)CCC3=O)c(Cl)c(Cl)c1C(=O)O)C=C1C(=C2S(=O)(=O)[O-])NC(C)(C)CC1C.[Na+]. The van der Waals surface area contributed by atoms with Crippen LogP contribution >= 0.6 is 46.6 Å². The van der Waals surface area contributed by atoms with Crippen molar-refractivity contribution in [3.8, 4) is 0 Å². The quantitative estimate of drug-likeness (QED) is 0.0515. The Bertz CT molecular complexity index is 2880. The molecule has 4 aliphatic heterocycles. The molecule has 6 aliphatic rings. The van der Waals surface area contributed by atoms with Gasteiger partial charge in [-0.15, -0.1) is 16.8 Å². The fourth-order valence-corrected chi connectivity index (χ4v) is 13.6. The van der Waals surface area contributed by atoms with Gasteiger partial charge in [0.15, 0.2) is 16.5 Å². The number of hydrogen-bond acceptors (Lipinski definition) is 15. The number of thioether (sulfide) groups is 1. The molecule has 3 amide bonds. The summed E-state index contributed by atoms with van der Waals surface area (Å²) in [7, 11) is -11.0. The summed E-state index contributed by atoms with van der Waals surface area (Å²) in [6.45, 7) is 11.0. The number of unbranched alkanes of at least 4 members (excludes halogenated alkanes) is 2. The van der Waals surface area contributed by atoms with E-state index in [4.69, 9.17) is 44.4 Å². The first kappa shape index (κ1) is 55.1. The van der Waals surface area contributed by atoms with Crippen LogP contribution in [-0.2, 0) is 49.0 Å². The molecular formula is C44H48Cl3N4NaO14S3. The second-order valence-electron chi connectivity index (χ2n) is 18.8. The summed E-state index contributed by atoms with van der Waals surface area (Å²) in [6.07, 6.45) is 3.21. The standard InChI is InChI=1S/C44H49Cl3N4O14S3.Na/c1-19-16-43(3,4)49-35-21(19)14-23-29(24-15-22-20(2)17-44(5,6)50-36(22)41(68(61,62)63)38(24)64-37(23)40(35)67(58,59)60)30-31(42(56)57)32(45)34(47)39(33(30)46)66-18-25(52)48-13-9-7-8-10-28(55)65-51-26(53)11-12-27(51)54;/h14-15,19-20,23,38,50H,7-13,16-18H2,1-6H3,(H,48,52)(H,56,57)(H,58,59,60)(H,61,62,63);/q;+1/p-1. The predicted octanol–water partition coefficient (Wildman–Crippen LogP) is 1.64. The maximum atomic E-state index is 13.6. The molecule has 69 heavy (non-hydrogen) atoms. The van der Waals surface area contributed by atoms with Crippen molar-refractivity contribution < 1.29 is 99.1 Å². The predicted molar refractivity (Wildman–Crippen MR) is 248 cm³/mol. The van der Waals surface area contributed by atoms with Crippen molar-refractivity contribution in [2.45, 2.75) is 115 Å². The van der Waals surface area contributed by atoms with E-state index in [1.807, 2.05) is 13.8 Å². The minimum absolute atomic E-state index is 0. The first-order valence-corrected chi connectivity index (χ1v) is 26.5. The van der Waals surface area contributed by atoms with Crippen molar-refractivity contribution in [1.82, 2.24) is 15.7 Å². The first-order chi connectivity index (χ1) is 31.5. The van der Waals surface area contributed by atoms with Gasteiger partial charge in [0.1, 0.15) is 30.9 Å². The summed E-state index contributed by atoms with van der Waals surface area (Å²) >= 11 is 21.6. The molecule has 2 fully saturated rings. The van der Waals surface area contributed by atoms with E-state index in [0.717, 1.165) is 11.8 Å². The van der Waals surface area contributed by atoms with Crippen LogP contribution in [0.1, 0.15) is 109 Å². The number of fused-ring (bicyclic) bond motifs is 4. The normalized spacial score (nSPS) is 23.8. The van der Waals surface area contributed by atoms with Crippen LogP contribution < -0.4 is 45.2 Å². The second kappa shape index (κ2) is 20.4. The summed E-state index contributed by atoms with van der Waals surface area (Å²) < 4.78 is 87.8. The van der Waals surface area contributed by atoms with Crippen molar-refractivity contribution >= 4 is 108 Å². The minimum atomic E-state index is -5.51. The number of nitrogens with one attached hydrogen (secondary N) is 3. The number of carbonyl (C=O) groups excluding carboxylic acids is 4. The van der Waals surface area contributed by atoms with Crippen molar-refractivity contribution in [2.75, 3.05) is 12.3 Å². The van der Waals surface area contributed by atoms with Crippen LogP contribution in [0.5, 0.6) is 0 Å². The zero-order valence-electron chi connectivity index (χ0n) is 38.6. The van der Waals surface area contributed by atoms with E-state index in [0.29, 0.717) is 48.3 Å². The van der Waals surface area contributed by atoms with E-state index < -0.39 is 111 Å². The molecule has 0 saturated carbocycles. The van der Waals surface area contributed by atoms with Gasteiger partial charge in [0, 0.05) is 59.4 Å². The van der Waals surface area contributed by atoms with Crippen LogP contribution in [0.3, 0.4) is 0 Å². The third kappa shape index (κ3) is 11.1. The van der Waals surface area contributed by atoms with Crippen LogP contribution in [0.2, 0.25) is 15.1 Å². The molecule has 2 aliphatic carbocycles. The number of imide groups is 1. The first-order valence-electron chi connectivity index (χ1n) is 21.6. The number of amides is 3. The summed E-state index contributed by atoms with van der Waals surface area (Å²) in [5.41, 5.74) is -2.17. The molecule has 0 aromatic heterocycles. The van der Waals surface area contributed by atoms with Gasteiger partial charge >= 0.3 is 41.5 Å². The number of aromatic carboxylic acids is 1. The van der Waals surface area contributed by atoms with E-state index in [1.165, 1.54) is 0 Å². The number of carboxylic acid groups (broad SMARTS) is 1. The number of hydroxylamine groups is 2. The van der Waals surface area contributed by atoms with Gasteiger partial charge in [-0.25, -0.2) is 31.4 Å². The Labute approximate surface area is 440 Å². The number of carbonyl (C=O) groups is 5. The van der Waals surface area contributed by atoms with Crippen LogP contribution in [0.15, 0.2) is 55.0 Å². The van der Waals surface area contributed by atoms with Gasteiger partial charge in [-0.05, 0) is 76.0 Å². The molecule has 18 nitrogen and oxygen atoms in total. The largest absolute Gasteiger partial charge is 1.00 e. The molecule has 0 spiro atoms. The molecular weight excluding hydrogens is 1030 g/mol. The van der Waals surface area contributed by atoms with E-state index in [2.05, 4.69) is 15.6 Å². The fraction of sp³-hybridized carbons (Fsp3) is 0.500. The van der Waals surface area contributed by atoms with E-state index in [1.54, 1.807) is 39.8 Å². The van der Waals surface area contributed by atoms with Gasteiger partial charge in [0.2, 0.25) is 11.6 Å². The minimum Gasteiger partial charge on any atom is -0.744 e. The molecule has 368 valence electrons. The van der Waals surface area contributed by atoms with Crippen molar-refractivity contribution in [2.24, 2.45) is 17.8 Å². The monoisotopic (exact) mass is 1080 g/mol. The molecule has 0 bridgehead atoms. The Morgan fingerprint density at radius 3 is 2.20 bits per heavy atom. The Morgan fingerprint density at radius 2 is 1.59 bits per heavy atom. The van der Waals surface area contributed by atoms with Crippen molar-refractivity contribution in [3.05, 3.63) is 76.3 Å². The molecule has 4 unspecified atom stereocenters. The number of rotatable bonds is 14. The number of carboxylic acids is 1. The zero-order valence-corrected chi connectivity index (χ0v) is 45.3. The van der Waals surface area contributed by atoms with Crippen LogP contribution in [-0.4, -0.2) is 101 Å². The maximum Gasteiger partial charge on any atom is 1.00 e. The average molecular weight is 1080 g/mol. The third-order valence-corrected chi connectivity index (χ3v) is 16.9. The number of halogens is 3. The van der Waals surface area contributed by atoms with Gasteiger partial charge in [0.25, 0.3) is 11.8 Å². The Hall–Kier alpha value is -3.22. The van der Waals surface area contributed by atoms with Gasteiger partial charge in [-0.1, -0.05) is 61.1 Å². The molecule has 7 rings (SSSR count). The summed E-state index contributed by atoms with van der Waals surface area (Å²) in [4.78, 5) is 68.4. The van der Waals surface area contributed by atoms with Gasteiger partial charge in [-0.3, -0.25) is 14.4 Å². The molecule has 25 heteroatoms. The van der Waals surface area contributed by atoms with Crippen molar-refractivity contribution in [1.29, 1.82) is 0 Å². The number of benzene rings is 1. The Morgan fingerprint density at radius 1 is 0.957 bits per heavy atom. The summed E-state index contributed by atoms with van der Waals surface area (Å²) in [5.74, 6) is -7.26. The van der Waals surface area contributed by atoms with Gasteiger partial charge in [0.05, 0.1) is 38.0 Å². The average Bonchev–Trinajstić information content (AvgIpc) is 3.51. The smallest absolute Gasteiger partial charge is 0.744 e. The Balaban J connectivity index is 0.00000782. The maximum absolute atomic E-state index is 13.6. The summed E-state index contributed by atoms with van der Waals surface area (Å²) in [6, 6.07) is 0. The number of hydrogen-bond donors (Lipinski definition) is 4. The number of allylic oxidation sites excluding steroid dienone is 4. The molecule has 2 saturated heterocycles. The topological polar surface area (TPSA) is 280 Å². The number of nitrogens with zero attached hydrogens (tertiary/aromatic N) is 1. The van der Waals surface area contributed by atoms with E-state index in [-0.39, 0.29) is 104 Å². The second-order valence-corrected chi connectivity index (χ2v) is 23.6. The molecule has 4 heterocycles. The van der Waals surface area contributed by atoms with Crippen LogP contribution in [0.25, 0.3) is 5.57 Å². The molecule has 0 radical (unpaired) electrons. The van der Waals surface area contributed by atoms with E-state index in [9.17, 15) is 55.0 Å². The fourth-order valence-electron chi connectivity index (χ4n) is 9.86. The zero-order chi connectivity index (χ0) is 50.2. The van der Waals surface area contributed by atoms with Crippen molar-refractivity contribution in [3.63, 3.8) is 0 Å². The van der Waals surface area contributed by atoms with Gasteiger partial charge in [-0.2, -0.15) is 0 Å². The number of ether oxygens (including phenoxy) is 1. The van der Waals surface area contributed by atoms with Crippen LogP contribution in [0, 0.1) is 17.8 Å². The summed E-state index contributed by atoms with van der Waals surface area (Å²) in [5, 5.41) is 16.0. The Kier molecular flexibility index (Phi) is 16.3.